The van der Waals surface area contributed by atoms with Gasteiger partial charge in [-0.25, -0.2) is 12.8 Å². The molecule has 1 atom stereocenters. The number of anilines is 1. The number of sulfonamides is 1. The van der Waals surface area contributed by atoms with Crippen LogP contribution in [0.3, 0.4) is 0 Å². The van der Waals surface area contributed by atoms with Crippen LogP contribution in [0.1, 0.15) is 44.6 Å². The van der Waals surface area contributed by atoms with E-state index in [1.165, 1.54) is 55.5 Å². The number of benzene rings is 3. The molecule has 1 aliphatic rings. The number of nitrogens with one attached hydrogen (secondary N) is 1. The number of nitrogens with zero attached hydrogens (tertiary/aromatic N) is 2. The second-order valence-corrected chi connectivity index (χ2v) is 13.4. The van der Waals surface area contributed by atoms with Gasteiger partial charge in [0, 0.05) is 28.7 Å². The van der Waals surface area contributed by atoms with Crippen molar-refractivity contribution in [1.29, 1.82) is 0 Å². The number of carbonyl (C=O) groups excluding carboxylic acids is 2. The van der Waals surface area contributed by atoms with Crippen molar-refractivity contribution < 1.29 is 31.9 Å². The summed E-state index contributed by atoms with van der Waals surface area (Å²) in [7, 11) is -1.63. The van der Waals surface area contributed by atoms with Crippen molar-refractivity contribution in [2.24, 2.45) is 0 Å². The Balaban J connectivity index is 1.76. The zero-order valence-electron chi connectivity index (χ0n) is 25.3. The molecule has 45 heavy (non-hydrogen) atoms. The van der Waals surface area contributed by atoms with Crippen LogP contribution in [0.4, 0.5) is 10.1 Å². The fourth-order valence-corrected chi connectivity index (χ4v) is 7.26. The first-order valence-electron chi connectivity index (χ1n) is 14.5. The Hall–Kier alpha value is -3.54. The smallest absolute Gasteiger partial charge is 0.264 e. The van der Waals surface area contributed by atoms with Gasteiger partial charge >= 0.3 is 0 Å². The Kier molecular flexibility index (Phi) is 11.6. The average molecular weight is 681 g/mol. The first-order chi connectivity index (χ1) is 21.5. The number of hydrogen-bond acceptors (Lipinski definition) is 6. The molecule has 0 spiro atoms. The molecule has 3 aromatic rings. The number of amides is 2. The Bertz CT molecular complexity index is 1620. The number of rotatable bonds is 13. The Morgan fingerprint density at radius 3 is 2.24 bits per heavy atom. The molecule has 2 amide bonds. The molecule has 0 heterocycles. The van der Waals surface area contributed by atoms with Gasteiger partial charge in [0.15, 0.2) is 11.5 Å². The topological polar surface area (TPSA) is 105 Å². The molecule has 1 N–H and O–H groups in total. The normalized spacial score (nSPS) is 14.1. The van der Waals surface area contributed by atoms with Gasteiger partial charge in [-0.05, 0) is 73.4 Å². The van der Waals surface area contributed by atoms with Crippen molar-refractivity contribution in [2.75, 3.05) is 25.1 Å². The van der Waals surface area contributed by atoms with Crippen molar-refractivity contribution in [3.63, 3.8) is 0 Å². The zero-order valence-corrected chi connectivity index (χ0v) is 27.6. The molecule has 1 saturated carbocycles. The molecule has 13 heteroatoms. The molecule has 1 fully saturated rings. The van der Waals surface area contributed by atoms with Crippen molar-refractivity contribution >= 4 is 50.7 Å². The Morgan fingerprint density at radius 2 is 1.64 bits per heavy atom. The van der Waals surface area contributed by atoms with Crippen molar-refractivity contribution in [3.8, 4) is 11.5 Å². The van der Waals surface area contributed by atoms with Gasteiger partial charge in [-0.15, -0.1) is 0 Å². The number of hydrogen-bond donors (Lipinski definition) is 1. The monoisotopic (exact) mass is 679 g/mol. The number of halogens is 3. The quantitative estimate of drug-likeness (QED) is 0.230. The molecular formula is C32H36Cl2FN3O6S. The molecule has 4 rings (SSSR count). The van der Waals surface area contributed by atoms with Gasteiger partial charge in [0.05, 0.1) is 24.8 Å². The predicted octanol–water partition coefficient (Wildman–Crippen LogP) is 6.21. The van der Waals surface area contributed by atoms with Crippen molar-refractivity contribution in [2.45, 2.75) is 62.6 Å². The molecular weight excluding hydrogens is 644 g/mol. The van der Waals surface area contributed by atoms with Crippen LogP contribution >= 0.6 is 23.2 Å². The largest absolute Gasteiger partial charge is 0.493 e. The van der Waals surface area contributed by atoms with Crippen LogP contribution in [0.15, 0.2) is 65.6 Å². The summed E-state index contributed by atoms with van der Waals surface area (Å²) in [4.78, 5) is 29.0. The molecule has 0 aliphatic heterocycles. The van der Waals surface area contributed by atoms with Crippen LogP contribution in [0.5, 0.6) is 11.5 Å². The van der Waals surface area contributed by atoms with Gasteiger partial charge in [-0.1, -0.05) is 49.0 Å². The highest BCUT2D eigenvalue weighted by molar-refractivity contribution is 7.92. The highest BCUT2D eigenvalue weighted by Gasteiger charge is 2.35. The molecule has 3 aromatic carbocycles. The van der Waals surface area contributed by atoms with Crippen LogP contribution < -0.4 is 19.1 Å². The molecule has 1 unspecified atom stereocenters. The maximum absolute atomic E-state index is 14.3. The number of ether oxygens (including phenoxy) is 2. The van der Waals surface area contributed by atoms with E-state index in [-0.39, 0.29) is 41.2 Å². The number of carbonyl (C=O) groups is 2. The minimum atomic E-state index is -4.43. The van der Waals surface area contributed by atoms with E-state index in [9.17, 15) is 22.4 Å². The summed E-state index contributed by atoms with van der Waals surface area (Å²) >= 11 is 12.6. The van der Waals surface area contributed by atoms with E-state index in [0.29, 0.717) is 21.4 Å². The Morgan fingerprint density at radius 1 is 0.978 bits per heavy atom. The first kappa shape index (κ1) is 34.3. The SMILES string of the molecule is CCC(C(=O)NC1CCCC1)N(Cc1ccc(Cl)cc1Cl)C(=O)CN(c1ccc(F)cc1)S(=O)(=O)c1ccc(OC)c(OC)c1. The van der Waals surface area contributed by atoms with E-state index < -0.39 is 34.3 Å². The summed E-state index contributed by atoms with van der Waals surface area (Å²) in [6.45, 7) is 1.00. The van der Waals surface area contributed by atoms with E-state index in [1.54, 1.807) is 19.1 Å². The number of methoxy groups -OCH3 is 2. The van der Waals surface area contributed by atoms with Crippen LogP contribution in [0.25, 0.3) is 0 Å². The third-order valence-corrected chi connectivity index (χ3v) is 10.1. The lowest BCUT2D eigenvalue weighted by molar-refractivity contribution is -0.140. The fourth-order valence-electron chi connectivity index (χ4n) is 5.36. The second kappa shape index (κ2) is 15.2. The molecule has 0 bridgehead atoms. The van der Waals surface area contributed by atoms with Crippen LogP contribution in [0, 0.1) is 5.82 Å². The van der Waals surface area contributed by atoms with Crippen LogP contribution in [-0.4, -0.2) is 58.0 Å². The zero-order chi connectivity index (χ0) is 32.7. The van der Waals surface area contributed by atoms with Gasteiger partial charge in [0.2, 0.25) is 11.8 Å². The van der Waals surface area contributed by atoms with E-state index in [2.05, 4.69) is 5.32 Å². The molecule has 0 aromatic heterocycles. The van der Waals surface area contributed by atoms with Gasteiger partial charge in [0.1, 0.15) is 18.4 Å². The van der Waals surface area contributed by atoms with E-state index in [0.717, 1.165) is 42.1 Å². The fraction of sp³-hybridized carbons (Fsp3) is 0.375. The maximum Gasteiger partial charge on any atom is 0.264 e. The standard InChI is InChI=1S/C32H36Cl2FN3O6S/c1-4-28(32(40)36-24-7-5-6-8-24)37(19-21-9-10-22(33)17-27(21)34)31(39)20-38(25-13-11-23(35)12-14-25)45(41,42)26-15-16-29(43-2)30(18-26)44-3/h9-18,24,28H,4-8,19-20H2,1-3H3,(H,36,40). The van der Waals surface area contributed by atoms with Gasteiger partial charge in [0.25, 0.3) is 10.0 Å². The minimum absolute atomic E-state index is 0.00349. The Labute approximate surface area is 273 Å². The van der Waals surface area contributed by atoms with Gasteiger partial charge in [-0.2, -0.15) is 0 Å². The van der Waals surface area contributed by atoms with Gasteiger partial charge in [-0.3, -0.25) is 13.9 Å². The van der Waals surface area contributed by atoms with E-state index in [4.69, 9.17) is 32.7 Å². The van der Waals surface area contributed by atoms with Gasteiger partial charge < -0.3 is 19.7 Å². The van der Waals surface area contributed by atoms with Crippen molar-refractivity contribution in [3.05, 3.63) is 82.1 Å². The molecule has 1 aliphatic carbocycles. The van der Waals surface area contributed by atoms with Crippen molar-refractivity contribution in [1.82, 2.24) is 10.2 Å². The molecule has 242 valence electrons. The summed E-state index contributed by atoms with van der Waals surface area (Å²) in [6.07, 6.45) is 3.97. The van der Waals surface area contributed by atoms with E-state index >= 15 is 0 Å². The molecule has 0 saturated heterocycles. The van der Waals surface area contributed by atoms with Crippen LogP contribution in [-0.2, 0) is 26.2 Å². The third kappa shape index (κ3) is 8.19. The summed E-state index contributed by atoms with van der Waals surface area (Å²) in [5.74, 6) is -1.10. The molecule has 0 radical (unpaired) electrons. The summed E-state index contributed by atoms with van der Waals surface area (Å²) in [6, 6.07) is 12.7. The summed E-state index contributed by atoms with van der Waals surface area (Å²) in [5.41, 5.74) is 0.574. The second-order valence-electron chi connectivity index (χ2n) is 10.7. The van der Waals surface area contributed by atoms with E-state index in [1.807, 2.05) is 0 Å². The average Bonchev–Trinajstić information content (AvgIpc) is 3.53. The minimum Gasteiger partial charge on any atom is -0.493 e. The highest BCUT2D eigenvalue weighted by atomic mass is 35.5. The highest BCUT2D eigenvalue weighted by Crippen LogP contribution is 2.33. The summed E-state index contributed by atoms with van der Waals surface area (Å²) in [5, 5.41) is 3.75. The first-order valence-corrected chi connectivity index (χ1v) is 16.7. The third-order valence-electron chi connectivity index (χ3n) is 7.78. The lowest BCUT2D eigenvalue weighted by atomic mass is 10.1. The molecule has 9 nitrogen and oxygen atoms in total. The van der Waals surface area contributed by atoms with Crippen LogP contribution in [0.2, 0.25) is 10.0 Å². The maximum atomic E-state index is 14.3. The predicted molar refractivity (Wildman–Crippen MR) is 172 cm³/mol. The lowest BCUT2D eigenvalue weighted by Crippen LogP contribution is -2.53. The lowest BCUT2D eigenvalue weighted by Gasteiger charge is -2.34. The summed E-state index contributed by atoms with van der Waals surface area (Å²) < 4.78 is 53.6.